The lowest BCUT2D eigenvalue weighted by Crippen LogP contribution is -2.49. The van der Waals surface area contributed by atoms with Gasteiger partial charge in [-0.3, -0.25) is 9.59 Å². The van der Waals surface area contributed by atoms with Crippen LogP contribution in [0, 0.1) is 17.3 Å². The van der Waals surface area contributed by atoms with Gasteiger partial charge in [-0.15, -0.1) is 0 Å². The SMILES string of the molecule is CC(=O)[C@@H]1C[C@@H](CC(=O)Nc2cccc3ccccc23)C1(C)C. The Morgan fingerprint density at radius 2 is 1.83 bits per heavy atom. The molecule has 0 heterocycles. The number of benzene rings is 2. The van der Waals surface area contributed by atoms with E-state index in [1.54, 1.807) is 6.92 Å². The number of ketones is 1. The van der Waals surface area contributed by atoms with Gasteiger partial charge in [0.05, 0.1) is 0 Å². The third-order valence-electron chi connectivity index (χ3n) is 5.46. The van der Waals surface area contributed by atoms with E-state index in [-0.39, 0.29) is 28.9 Å². The number of anilines is 1. The lowest BCUT2D eigenvalue weighted by molar-refractivity contribution is -0.139. The zero-order chi connectivity index (χ0) is 16.6. The predicted molar refractivity (Wildman–Crippen MR) is 93.3 cm³/mol. The summed E-state index contributed by atoms with van der Waals surface area (Å²) in [5, 5.41) is 5.21. The normalized spacial score (nSPS) is 22.4. The fourth-order valence-electron chi connectivity index (χ4n) is 3.81. The molecule has 1 saturated carbocycles. The van der Waals surface area contributed by atoms with Gasteiger partial charge in [-0.1, -0.05) is 50.2 Å². The number of carbonyl (C=O) groups excluding carboxylic acids is 2. The van der Waals surface area contributed by atoms with Crippen LogP contribution in [-0.4, -0.2) is 11.7 Å². The van der Waals surface area contributed by atoms with Gasteiger partial charge in [0.25, 0.3) is 0 Å². The second-order valence-corrected chi connectivity index (χ2v) is 7.20. The van der Waals surface area contributed by atoms with Gasteiger partial charge in [0, 0.05) is 23.4 Å². The number of nitrogens with one attached hydrogen (secondary N) is 1. The van der Waals surface area contributed by atoms with Gasteiger partial charge in [-0.05, 0) is 36.1 Å². The summed E-state index contributed by atoms with van der Waals surface area (Å²) in [7, 11) is 0. The lowest BCUT2D eigenvalue weighted by atomic mass is 9.52. The molecule has 0 aromatic heterocycles. The highest BCUT2D eigenvalue weighted by molar-refractivity contribution is 6.02. The summed E-state index contributed by atoms with van der Waals surface area (Å²) >= 11 is 0. The smallest absolute Gasteiger partial charge is 0.224 e. The average molecular weight is 309 g/mol. The van der Waals surface area contributed by atoms with Crippen molar-refractivity contribution in [3.63, 3.8) is 0 Å². The minimum atomic E-state index is -0.0814. The predicted octanol–water partition coefficient (Wildman–Crippen LogP) is 4.42. The zero-order valence-electron chi connectivity index (χ0n) is 13.9. The minimum Gasteiger partial charge on any atom is -0.326 e. The van der Waals surface area contributed by atoms with E-state index in [9.17, 15) is 9.59 Å². The van der Waals surface area contributed by atoms with Crippen molar-refractivity contribution in [1.82, 2.24) is 0 Å². The molecular formula is C20H23NO2. The van der Waals surface area contributed by atoms with Crippen molar-refractivity contribution in [3.05, 3.63) is 42.5 Å². The van der Waals surface area contributed by atoms with Crippen LogP contribution in [0.4, 0.5) is 5.69 Å². The molecule has 1 aliphatic rings. The first-order valence-electron chi connectivity index (χ1n) is 8.17. The van der Waals surface area contributed by atoms with Crippen LogP contribution in [0.3, 0.4) is 0 Å². The highest BCUT2D eigenvalue weighted by atomic mass is 16.1. The first-order chi connectivity index (χ1) is 10.9. The Kier molecular flexibility index (Phi) is 3.97. The Labute approximate surface area is 137 Å². The molecule has 0 spiro atoms. The molecule has 3 heteroatoms. The fraction of sp³-hybridized carbons (Fsp3) is 0.400. The van der Waals surface area contributed by atoms with E-state index in [1.807, 2.05) is 42.5 Å². The Balaban J connectivity index is 1.70. The van der Waals surface area contributed by atoms with E-state index in [0.717, 1.165) is 22.9 Å². The Hall–Kier alpha value is -2.16. The summed E-state index contributed by atoms with van der Waals surface area (Å²) in [5.74, 6) is 0.631. The molecule has 1 N–H and O–H groups in total. The van der Waals surface area contributed by atoms with Crippen LogP contribution in [0.25, 0.3) is 10.8 Å². The maximum atomic E-state index is 12.4. The molecule has 1 amide bonds. The van der Waals surface area contributed by atoms with Gasteiger partial charge in [-0.25, -0.2) is 0 Å². The zero-order valence-corrected chi connectivity index (χ0v) is 13.9. The largest absolute Gasteiger partial charge is 0.326 e. The quantitative estimate of drug-likeness (QED) is 0.908. The molecule has 0 saturated heterocycles. The second kappa shape index (κ2) is 5.80. The highest BCUT2D eigenvalue weighted by Crippen LogP contribution is 2.53. The maximum Gasteiger partial charge on any atom is 0.224 e. The molecule has 0 aliphatic heterocycles. The van der Waals surface area contributed by atoms with Gasteiger partial charge in [0.15, 0.2) is 0 Å². The molecule has 0 unspecified atom stereocenters. The van der Waals surface area contributed by atoms with Crippen LogP contribution in [0.15, 0.2) is 42.5 Å². The van der Waals surface area contributed by atoms with Crippen LogP contribution >= 0.6 is 0 Å². The summed E-state index contributed by atoms with van der Waals surface area (Å²) in [6, 6.07) is 14.0. The fourth-order valence-corrected chi connectivity index (χ4v) is 3.81. The van der Waals surface area contributed by atoms with E-state index in [4.69, 9.17) is 0 Å². The lowest BCUT2D eigenvalue weighted by Gasteiger charge is -2.51. The van der Waals surface area contributed by atoms with Crippen molar-refractivity contribution in [2.45, 2.75) is 33.6 Å². The summed E-state index contributed by atoms with van der Waals surface area (Å²) in [6.07, 6.45) is 1.30. The highest BCUT2D eigenvalue weighted by Gasteiger charge is 2.50. The maximum absolute atomic E-state index is 12.4. The van der Waals surface area contributed by atoms with Crippen molar-refractivity contribution in [2.24, 2.45) is 17.3 Å². The summed E-state index contributed by atoms with van der Waals surface area (Å²) in [4.78, 5) is 24.0. The number of fused-ring (bicyclic) bond motifs is 1. The summed E-state index contributed by atoms with van der Waals surface area (Å²) < 4.78 is 0. The molecule has 2 aromatic carbocycles. The number of Topliss-reactive ketones (excluding diaryl/α,β-unsaturated/α-hetero) is 1. The number of hydrogen-bond acceptors (Lipinski definition) is 2. The molecule has 1 fully saturated rings. The minimum absolute atomic E-state index is 0.0291. The standard InChI is InChI=1S/C20H23NO2/c1-13(22)17-11-15(20(17,2)3)12-19(23)21-18-10-6-8-14-7-4-5-9-16(14)18/h4-10,15,17H,11-12H2,1-3H3,(H,21,23)/t15-,17-/m0/s1. The molecule has 3 nitrogen and oxygen atoms in total. The number of hydrogen-bond donors (Lipinski definition) is 1. The first kappa shape index (κ1) is 15.7. The molecule has 2 aromatic rings. The van der Waals surface area contributed by atoms with E-state index in [0.29, 0.717) is 6.42 Å². The van der Waals surface area contributed by atoms with Crippen LogP contribution < -0.4 is 5.32 Å². The molecule has 120 valence electrons. The molecule has 0 radical (unpaired) electrons. The topological polar surface area (TPSA) is 46.2 Å². The van der Waals surface area contributed by atoms with Gasteiger partial charge >= 0.3 is 0 Å². The van der Waals surface area contributed by atoms with E-state index in [2.05, 4.69) is 19.2 Å². The molecule has 23 heavy (non-hydrogen) atoms. The van der Waals surface area contributed by atoms with Crippen LogP contribution in [0.5, 0.6) is 0 Å². The van der Waals surface area contributed by atoms with Crippen molar-refractivity contribution in [1.29, 1.82) is 0 Å². The first-order valence-corrected chi connectivity index (χ1v) is 8.17. The van der Waals surface area contributed by atoms with Crippen molar-refractivity contribution in [3.8, 4) is 0 Å². The number of rotatable bonds is 4. The van der Waals surface area contributed by atoms with Crippen molar-refractivity contribution < 1.29 is 9.59 Å². The molecule has 3 rings (SSSR count). The third kappa shape index (κ3) is 2.88. The number of amides is 1. The van der Waals surface area contributed by atoms with Crippen LogP contribution in [0.1, 0.15) is 33.6 Å². The summed E-state index contributed by atoms with van der Waals surface area (Å²) in [5.41, 5.74) is 0.774. The van der Waals surface area contributed by atoms with Gasteiger partial charge in [-0.2, -0.15) is 0 Å². The van der Waals surface area contributed by atoms with Gasteiger partial charge in [0.1, 0.15) is 5.78 Å². The second-order valence-electron chi connectivity index (χ2n) is 7.20. The van der Waals surface area contributed by atoms with Crippen molar-refractivity contribution >= 4 is 28.2 Å². The summed E-state index contributed by atoms with van der Waals surface area (Å²) in [6.45, 7) is 5.84. The molecule has 2 atom stereocenters. The average Bonchev–Trinajstić information content (AvgIpc) is 2.51. The molecule has 0 bridgehead atoms. The third-order valence-corrected chi connectivity index (χ3v) is 5.46. The molecular weight excluding hydrogens is 286 g/mol. The Morgan fingerprint density at radius 3 is 2.52 bits per heavy atom. The van der Waals surface area contributed by atoms with Crippen molar-refractivity contribution in [2.75, 3.05) is 5.32 Å². The van der Waals surface area contributed by atoms with E-state index < -0.39 is 0 Å². The monoisotopic (exact) mass is 309 g/mol. The van der Waals surface area contributed by atoms with E-state index >= 15 is 0 Å². The van der Waals surface area contributed by atoms with Gasteiger partial charge < -0.3 is 5.32 Å². The van der Waals surface area contributed by atoms with Crippen LogP contribution in [0.2, 0.25) is 0 Å². The number of carbonyl (C=O) groups is 2. The Bertz CT molecular complexity index is 758. The molecule has 1 aliphatic carbocycles. The Morgan fingerprint density at radius 1 is 1.13 bits per heavy atom. The van der Waals surface area contributed by atoms with Gasteiger partial charge in [0.2, 0.25) is 5.91 Å². The van der Waals surface area contributed by atoms with E-state index in [1.165, 1.54) is 0 Å². The van der Waals surface area contributed by atoms with Crippen LogP contribution in [-0.2, 0) is 9.59 Å².